The zero-order valence-corrected chi connectivity index (χ0v) is 18.0. The first kappa shape index (κ1) is 21.2. The van der Waals surface area contributed by atoms with Crippen molar-refractivity contribution in [3.63, 3.8) is 0 Å². The minimum absolute atomic E-state index is 0.00439. The Hall–Kier alpha value is -3.03. The van der Waals surface area contributed by atoms with Crippen molar-refractivity contribution >= 4 is 21.4 Å². The van der Waals surface area contributed by atoms with Crippen LogP contribution in [0.4, 0.5) is 8.78 Å². The van der Waals surface area contributed by atoms with Gasteiger partial charge in [-0.05, 0) is 60.7 Å². The molecule has 0 aliphatic carbocycles. The van der Waals surface area contributed by atoms with Crippen LogP contribution in [-0.4, -0.2) is 24.0 Å². The fourth-order valence-corrected chi connectivity index (χ4v) is 4.17. The van der Waals surface area contributed by atoms with E-state index in [1.807, 2.05) is 12.1 Å². The SMILES string of the molecule is CCS(=O)(=O)c1ccc(-n2nc(-c3ccc(F)c(F)c3)cc2-c2ccc(Cl)cc2)cc1. The molecule has 1 aromatic heterocycles. The molecule has 0 saturated heterocycles. The highest BCUT2D eigenvalue weighted by Crippen LogP contribution is 2.30. The van der Waals surface area contributed by atoms with Crippen LogP contribution in [0.15, 0.2) is 77.7 Å². The van der Waals surface area contributed by atoms with E-state index in [4.69, 9.17) is 11.6 Å². The molecule has 0 bridgehead atoms. The van der Waals surface area contributed by atoms with E-state index in [1.165, 1.54) is 18.2 Å². The molecular formula is C23H17ClF2N2O2S. The third kappa shape index (κ3) is 4.24. The van der Waals surface area contributed by atoms with Crippen molar-refractivity contribution in [3.05, 3.63) is 89.5 Å². The molecule has 0 radical (unpaired) electrons. The molecule has 158 valence electrons. The van der Waals surface area contributed by atoms with Gasteiger partial charge in [0.25, 0.3) is 0 Å². The highest BCUT2D eigenvalue weighted by Gasteiger charge is 2.16. The lowest BCUT2D eigenvalue weighted by atomic mass is 10.1. The first-order valence-electron chi connectivity index (χ1n) is 9.43. The monoisotopic (exact) mass is 458 g/mol. The number of benzene rings is 3. The van der Waals surface area contributed by atoms with Gasteiger partial charge in [0.2, 0.25) is 0 Å². The van der Waals surface area contributed by atoms with Gasteiger partial charge in [-0.2, -0.15) is 5.10 Å². The third-order valence-corrected chi connectivity index (χ3v) is 6.89. The first-order valence-corrected chi connectivity index (χ1v) is 11.5. The zero-order chi connectivity index (χ0) is 22.2. The molecule has 0 aliphatic heterocycles. The van der Waals surface area contributed by atoms with Crippen LogP contribution in [0.5, 0.6) is 0 Å². The molecule has 0 fully saturated rings. The third-order valence-electron chi connectivity index (χ3n) is 4.89. The lowest BCUT2D eigenvalue weighted by Gasteiger charge is -2.09. The molecule has 8 heteroatoms. The van der Waals surface area contributed by atoms with E-state index in [0.29, 0.717) is 27.7 Å². The van der Waals surface area contributed by atoms with Crippen molar-refractivity contribution in [2.45, 2.75) is 11.8 Å². The smallest absolute Gasteiger partial charge is 0.178 e. The Bertz CT molecular complexity index is 1350. The molecule has 3 aromatic carbocycles. The second-order valence-corrected chi connectivity index (χ2v) is 9.57. The predicted molar refractivity (Wildman–Crippen MR) is 117 cm³/mol. The highest BCUT2D eigenvalue weighted by atomic mass is 35.5. The second-order valence-electron chi connectivity index (χ2n) is 6.86. The van der Waals surface area contributed by atoms with E-state index < -0.39 is 21.5 Å². The first-order chi connectivity index (χ1) is 14.8. The number of sulfone groups is 1. The molecular weight excluding hydrogens is 442 g/mol. The molecule has 0 amide bonds. The summed E-state index contributed by atoms with van der Waals surface area (Å²) in [5, 5.41) is 5.15. The summed E-state index contributed by atoms with van der Waals surface area (Å²) in [6.45, 7) is 1.59. The Morgan fingerprint density at radius 1 is 0.871 bits per heavy atom. The second kappa shape index (κ2) is 8.24. The van der Waals surface area contributed by atoms with E-state index in [1.54, 1.807) is 41.9 Å². The maximum Gasteiger partial charge on any atom is 0.178 e. The van der Waals surface area contributed by atoms with Crippen LogP contribution in [0.2, 0.25) is 5.02 Å². The number of nitrogens with zero attached hydrogens (tertiary/aromatic N) is 2. The number of hydrogen-bond donors (Lipinski definition) is 0. The fraction of sp³-hybridized carbons (Fsp3) is 0.0870. The van der Waals surface area contributed by atoms with Crippen molar-refractivity contribution in [2.75, 3.05) is 5.75 Å². The Labute approximate surface area is 183 Å². The molecule has 4 nitrogen and oxygen atoms in total. The average molecular weight is 459 g/mol. The molecule has 0 unspecified atom stereocenters. The largest absolute Gasteiger partial charge is 0.232 e. The van der Waals surface area contributed by atoms with Gasteiger partial charge in [-0.25, -0.2) is 21.9 Å². The average Bonchev–Trinajstić information content (AvgIpc) is 3.21. The van der Waals surface area contributed by atoms with Crippen molar-refractivity contribution in [1.29, 1.82) is 0 Å². The topological polar surface area (TPSA) is 52.0 Å². The zero-order valence-electron chi connectivity index (χ0n) is 16.4. The molecule has 31 heavy (non-hydrogen) atoms. The minimum atomic E-state index is -3.33. The van der Waals surface area contributed by atoms with Crippen LogP contribution in [0.25, 0.3) is 28.2 Å². The summed E-state index contributed by atoms with van der Waals surface area (Å²) in [5.41, 5.74) is 2.96. The maximum absolute atomic E-state index is 13.8. The number of aromatic nitrogens is 2. The fourth-order valence-electron chi connectivity index (χ4n) is 3.16. The van der Waals surface area contributed by atoms with E-state index in [0.717, 1.165) is 17.7 Å². The Morgan fingerprint density at radius 2 is 1.52 bits per heavy atom. The minimum Gasteiger partial charge on any atom is -0.232 e. The number of hydrogen-bond acceptors (Lipinski definition) is 3. The Balaban J connectivity index is 1.86. The maximum atomic E-state index is 13.8. The summed E-state index contributed by atoms with van der Waals surface area (Å²) in [4.78, 5) is 0.222. The molecule has 0 N–H and O–H groups in total. The summed E-state index contributed by atoms with van der Waals surface area (Å²) < 4.78 is 53.0. The predicted octanol–water partition coefficient (Wildman–Crippen LogP) is 5.93. The van der Waals surface area contributed by atoms with Gasteiger partial charge in [-0.15, -0.1) is 0 Å². The Kier molecular flexibility index (Phi) is 5.64. The van der Waals surface area contributed by atoms with Gasteiger partial charge in [-0.1, -0.05) is 30.7 Å². The standard InChI is InChI=1S/C23H17ClF2N2O2S/c1-2-31(29,30)19-10-8-18(9-11-19)28-23(15-3-6-17(24)7-4-15)14-22(27-28)16-5-12-20(25)21(26)13-16/h3-14H,2H2,1H3. The molecule has 0 saturated carbocycles. The number of rotatable bonds is 5. The van der Waals surface area contributed by atoms with Gasteiger partial charge in [0, 0.05) is 16.1 Å². The molecule has 4 aromatic rings. The molecule has 4 rings (SSSR count). The van der Waals surface area contributed by atoms with Crippen LogP contribution in [0.3, 0.4) is 0 Å². The molecule has 1 heterocycles. The summed E-state index contributed by atoms with van der Waals surface area (Å²) in [7, 11) is -3.33. The van der Waals surface area contributed by atoms with Gasteiger partial charge < -0.3 is 0 Å². The van der Waals surface area contributed by atoms with E-state index in [-0.39, 0.29) is 10.6 Å². The summed E-state index contributed by atoms with van der Waals surface area (Å²) >= 11 is 6.01. The van der Waals surface area contributed by atoms with Crippen LogP contribution < -0.4 is 0 Å². The summed E-state index contributed by atoms with van der Waals surface area (Å²) in [6.07, 6.45) is 0. The molecule has 0 spiro atoms. The van der Waals surface area contributed by atoms with Gasteiger partial charge in [-0.3, -0.25) is 0 Å². The van der Waals surface area contributed by atoms with Crippen LogP contribution in [0, 0.1) is 11.6 Å². The van der Waals surface area contributed by atoms with E-state index >= 15 is 0 Å². The summed E-state index contributed by atoms with van der Waals surface area (Å²) in [6, 6.07) is 18.8. The number of halogens is 3. The normalized spacial score (nSPS) is 11.6. The van der Waals surface area contributed by atoms with Gasteiger partial charge in [0.15, 0.2) is 21.5 Å². The summed E-state index contributed by atoms with van der Waals surface area (Å²) in [5.74, 6) is -1.90. The van der Waals surface area contributed by atoms with Crippen molar-refractivity contribution in [2.24, 2.45) is 0 Å². The van der Waals surface area contributed by atoms with Crippen LogP contribution in [0.1, 0.15) is 6.92 Å². The van der Waals surface area contributed by atoms with Crippen LogP contribution in [-0.2, 0) is 9.84 Å². The Morgan fingerprint density at radius 3 is 2.13 bits per heavy atom. The highest BCUT2D eigenvalue weighted by molar-refractivity contribution is 7.91. The molecule has 0 atom stereocenters. The lowest BCUT2D eigenvalue weighted by Crippen LogP contribution is -2.05. The van der Waals surface area contributed by atoms with Crippen molar-refractivity contribution < 1.29 is 17.2 Å². The molecule has 0 aliphatic rings. The van der Waals surface area contributed by atoms with Gasteiger partial charge in [0.1, 0.15) is 0 Å². The quantitative estimate of drug-likeness (QED) is 0.372. The van der Waals surface area contributed by atoms with E-state index in [2.05, 4.69) is 5.10 Å². The van der Waals surface area contributed by atoms with Gasteiger partial charge in [0.05, 0.1) is 27.7 Å². The van der Waals surface area contributed by atoms with Gasteiger partial charge >= 0.3 is 0 Å². The van der Waals surface area contributed by atoms with Crippen molar-refractivity contribution in [3.8, 4) is 28.2 Å². The van der Waals surface area contributed by atoms with Crippen LogP contribution >= 0.6 is 11.6 Å². The van der Waals surface area contributed by atoms with E-state index in [9.17, 15) is 17.2 Å². The lowest BCUT2D eigenvalue weighted by molar-refractivity contribution is 0.509. The van der Waals surface area contributed by atoms with Crippen molar-refractivity contribution in [1.82, 2.24) is 9.78 Å².